The molecule has 72 valence electrons. The van der Waals surface area contributed by atoms with Crippen LogP contribution in [0.2, 0.25) is 0 Å². The van der Waals surface area contributed by atoms with Gasteiger partial charge in [0.15, 0.2) is 0 Å². The van der Waals surface area contributed by atoms with Crippen molar-refractivity contribution in [3.8, 4) is 0 Å². The number of hydrogen-bond acceptors (Lipinski definition) is 3. The zero-order chi connectivity index (χ0) is 10.3. The lowest BCUT2D eigenvalue weighted by Crippen LogP contribution is -2.16. The molecule has 0 unspecified atom stereocenters. The molecule has 0 aliphatic heterocycles. The molecule has 0 aliphatic carbocycles. The molecule has 0 aromatic heterocycles. The molecule has 0 radical (unpaired) electrons. The fourth-order valence-corrected chi connectivity index (χ4v) is 0.815. The number of nitrogens with zero attached hydrogens (tertiary/aromatic N) is 2. The highest BCUT2D eigenvalue weighted by molar-refractivity contribution is 6.33. The molecular formula is C8H12N2O3. The average Bonchev–Trinajstić information content (AvgIpc) is 2.11. The molecule has 0 N–H and O–H groups in total. The molecule has 0 heterocycles. The third-order valence-corrected chi connectivity index (χ3v) is 1.48. The Kier molecular flexibility index (Phi) is 5.39. The number of carbonyl (C=O) groups excluding carboxylic acids is 2. The molecule has 0 atom stereocenters. The Balaban J connectivity index is 3.95. The maximum atomic E-state index is 10.8. The minimum atomic E-state index is -0.661. The SMILES string of the molecule is COC(=O)C(CCCC(C)=O)=[N+]=[N-]. The number of carbonyl (C=O) groups is 2. The monoisotopic (exact) mass is 184 g/mol. The van der Waals surface area contributed by atoms with Crippen LogP contribution >= 0.6 is 0 Å². The number of methoxy groups -OCH3 is 1. The second-order valence-electron chi connectivity index (χ2n) is 2.59. The summed E-state index contributed by atoms with van der Waals surface area (Å²) in [5, 5.41) is 0. The molecule has 0 aromatic carbocycles. The topological polar surface area (TPSA) is 79.8 Å². The molecule has 0 saturated carbocycles. The molecule has 5 nitrogen and oxygen atoms in total. The molecule has 0 spiro atoms. The minimum Gasteiger partial charge on any atom is -0.460 e. The van der Waals surface area contributed by atoms with E-state index in [0.29, 0.717) is 12.8 Å². The summed E-state index contributed by atoms with van der Waals surface area (Å²) in [7, 11) is 1.21. The van der Waals surface area contributed by atoms with Gasteiger partial charge in [-0.1, -0.05) is 0 Å². The zero-order valence-electron chi connectivity index (χ0n) is 7.74. The number of hydrogen-bond donors (Lipinski definition) is 0. The van der Waals surface area contributed by atoms with E-state index in [1.165, 1.54) is 14.0 Å². The lowest BCUT2D eigenvalue weighted by Gasteiger charge is -1.93. The van der Waals surface area contributed by atoms with Crippen molar-refractivity contribution in [2.24, 2.45) is 0 Å². The Bertz CT molecular complexity index is 254. The molecule has 5 heteroatoms. The predicted molar refractivity (Wildman–Crippen MR) is 45.2 cm³/mol. The maximum absolute atomic E-state index is 10.8. The largest absolute Gasteiger partial charge is 0.460 e. The minimum absolute atomic E-state index is 0.0437. The summed E-state index contributed by atoms with van der Waals surface area (Å²) in [6, 6.07) is 0. The van der Waals surface area contributed by atoms with Crippen LogP contribution in [0.4, 0.5) is 0 Å². The Morgan fingerprint density at radius 2 is 2.00 bits per heavy atom. The van der Waals surface area contributed by atoms with Gasteiger partial charge in [-0.2, -0.15) is 4.79 Å². The van der Waals surface area contributed by atoms with Gasteiger partial charge in [-0.05, 0) is 13.3 Å². The summed E-state index contributed by atoms with van der Waals surface area (Å²) >= 11 is 0. The second-order valence-corrected chi connectivity index (χ2v) is 2.59. The number of esters is 1. The molecule has 0 bridgehead atoms. The van der Waals surface area contributed by atoms with Gasteiger partial charge in [0.2, 0.25) is 0 Å². The van der Waals surface area contributed by atoms with Crippen LogP contribution in [0.3, 0.4) is 0 Å². The summed E-state index contributed by atoms with van der Waals surface area (Å²) in [4.78, 5) is 24.1. The van der Waals surface area contributed by atoms with E-state index in [-0.39, 0.29) is 17.9 Å². The van der Waals surface area contributed by atoms with E-state index in [2.05, 4.69) is 9.53 Å². The first kappa shape index (κ1) is 11.5. The fraction of sp³-hybridized carbons (Fsp3) is 0.625. The summed E-state index contributed by atoms with van der Waals surface area (Å²) in [5.74, 6) is -0.617. The Labute approximate surface area is 76.3 Å². The van der Waals surface area contributed by atoms with Crippen LogP contribution in [0.25, 0.3) is 5.53 Å². The van der Waals surface area contributed by atoms with Crippen molar-refractivity contribution in [2.75, 3.05) is 7.11 Å². The van der Waals surface area contributed by atoms with Gasteiger partial charge >= 0.3 is 11.7 Å². The van der Waals surface area contributed by atoms with Crippen LogP contribution in [0.1, 0.15) is 26.2 Å². The van der Waals surface area contributed by atoms with Crippen molar-refractivity contribution in [3.63, 3.8) is 0 Å². The highest BCUT2D eigenvalue weighted by atomic mass is 16.5. The molecule has 0 saturated heterocycles. The van der Waals surface area contributed by atoms with Gasteiger partial charge in [-0.15, -0.1) is 0 Å². The van der Waals surface area contributed by atoms with Crippen LogP contribution in [0, 0.1) is 0 Å². The van der Waals surface area contributed by atoms with Gasteiger partial charge in [0.05, 0.1) is 13.5 Å². The van der Waals surface area contributed by atoms with E-state index < -0.39 is 5.97 Å². The number of ketones is 1. The summed E-state index contributed by atoms with van der Waals surface area (Å²) in [6.45, 7) is 1.47. The first-order valence-corrected chi connectivity index (χ1v) is 3.90. The quantitative estimate of drug-likeness (QED) is 0.271. The molecule has 0 fully saturated rings. The Morgan fingerprint density at radius 3 is 2.38 bits per heavy atom. The first-order chi connectivity index (χ1) is 6.11. The van der Waals surface area contributed by atoms with Gasteiger partial charge in [0.25, 0.3) is 0 Å². The number of Topliss-reactive ketones (excluding diaryl/α,β-unsaturated/α-hetero) is 1. The van der Waals surface area contributed by atoms with Crippen molar-refractivity contribution in [1.82, 2.24) is 0 Å². The van der Waals surface area contributed by atoms with Gasteiger partial charge in [-0.3, -0.25) is 0 Å². The van der Waals surface area contributed by atoms with Crippen molar-refractivity contribution in [2.45, 2.75) is 26.2 Å². The summed E-state index contributed by atoms with van der Waals surface area (Å²) in [5.41, 5.74) is 8.34. The van der Waals surface area contributed by atoms with Crippen LogP contribution < -0.4 is 0 Å². The average molecular weight is 184 g/mol. The van der Waals surface area contributed by atoms with Crippen LogP contribution in [-0.2, 0) is 14.3 Å². The zero-order valence-corrected chi connectivity index (χ0v) is 7.74. The van der Waals surface area contributed by atoms with Crippen molar-refractivity contribution in [1.29, 1.82) is 0 Å². The molecular weight excluding hydrogens is 172 g/mol. The lowest BCUT2D eigenvalue weighted by molar-refractivity contribution is -0.137. The maximum Gasteiger partial charge on any atom is 0.416 e. The fourth-order valence-electron chi connectivity index (χ4n) is 0.815. The van der Waals surface area contributed by atoms with E-state index in [1.807, 2.05) is 0 Å². The summed E-state index contributed by atoms with van der Waals surface area (Å²) < 4.78 is 4.35. The standard InChI is InChI=1S/C8H12N2O3/c1-6(11)4-3-5-7(10-9)8(12)13-2/h3-5H2,1-2H3. The number of rotatable bonds is 5. The van der Waals surface area contributed by atoms with Crippen LogP contribution in [0.5, 0.6) is 0 Å². The lowest BCUT2D eigenvalue weighted by atomic mass is 10.1. The van der Waals surface area contributed by atoms with Crippen molar-refractivity contribution in [3.05, 3.63) is 5.53 Å². The molecule has 0 amide bonds. The Hall–Kier alpha value is -1.48. The van der Waals surface area contributed by atoms with Gasteiger partial charge in [0.1, 0.15) is 5.78 Å². The van der Waals surface area contributed by atoms with Crippen LogP contribution in [0.15, 0.2) is 0 Å². The Morgan fingerprint density at radius 1 is 1.38 bits per heavy atom. The third kappa shape index (κ3) is 4.87. The van der Waals surface area contributed by atoms with E-state index in [1.54, 1.807) is 0 Å². The molecule has 0 rings (SSSR count). The van der Waals surface area contributed by atoms with E-state index in [9.17, 15) is 9.59 Å². The normalized spacial score (nSPS) is 8.77. The van der Waals surface area contributed by atoms with Gasteiger partial charge < -0.3 is 15.1 Å². The second kappa shape index (κ2) is 6.08. The van der Waals surface area contributed by atoms with Crippen molar-refractivity contribution >= 4 is 17.5 Å². The molecule has 0 aliphatic rings. The number of ether oxygens (including phenoxy) is 1. The molecule has 13 heavy (non-hydrogen) atoms. The highest BCUT2D eigenvalue weighted by Crippen LogP contribution is 1.98. The molecule has 0 aromatic rings. The van der Waals surface area contributed by atoms with Crippen LogP contribution in [-0.4, -0.2) is 29.4 Å². The first-order valence-electron chi connectivity index (χ1n) is 3.90. The summed E-state index contributed by atoms with van der Waals surface area (Å²) in [6.07, 6.45) is 1.11. The predicted octanol–water partition coefficient (Wildman–Crippen LogP) is 0.589. The van der Waals surface area contributed by atoms with E-state index >= 15 is 0 Å². The van der Waals surface area contributed by atoms with Gasteiger partial charge in [-0.25, -0.2) is 4.79 Å². The smallest absolute Gasteiger partial charge is 0.416 e. The highest BCUT2D eigenvalue weighted by Gasteiger charge is 2.19. The van der Waals surface area contributed by atoms with E-state index in [0.717, 1.165) is 0 Å². The van der Waals surface area contributed by atoms with Gasteiger partial charge in [0, 0.05) is 6.42 Å². The van der Waals surface area contributed by atoms with E-state index in [4.69, 9.17) is 5.53 Å². The third-order valence-electron chi connectivity index (χ3n) is 1.48. The van der Waals surface area contributed by atoms with Crippen molar-refractivity contribution < 1.29 is 19.1 Å².